The standard InChI is InChI=1S/C11H20O5/c1-11(2,3)16-10(13)4-6-14-8-9-15-7-5-12/h5H,4,6-9H2,1-3H3. The van der Waals surface area contributed by atoms with Crippen LogP contribution in [0.3, 0.4) is 0 Å². The quantitative estimate of drug-likeness (QED) is 0.354. The molecule has 0 saturated carbocycles. The summed E-state index contributed by atoms with van der Waals surface area (Å²) in [6.45, 7) is 6.57. The lowest BCUT2D eigenvalue weighted by molar-refractivity contribution is -0.156. The fourth-order valence-electron chi connectivity index (χ4n) is 0.899. The number of carbonyl (C=O) groups excluding carboxylic acids is 2. The molecule has 0 aromatic rings. The fraction of sp³-hybridized carbons (Fsp3) is 0.818. The minimum Gasteiger partial charge on any atom is -0.460 e. The zero-order valence-corrected chi connectivity index (χ0v) is 10.2. The van der Waals surface area contributed by atoms with Crippen molar-refractivity contribution in [3.8, 4) is 0 Å². The van der Waals surface area contributed by atoms with E-state index >= 15 is 0 Å². The fourth-order valence-corrected chi connectivity index (χ4v) is 0.899. The van der Waals surface area contributed by atoms with Crippen LogP contribution in [-0.2, 0) is 23.8 Å². The predicted molar refractivity (Wildman–Crippen MR) is 58.2 cm³/mol. The van der Waals surface area contributed by atoms with Crippen LogP contribution >= 0.6 is 0 Å². The van der Waals surface area contributed by atoms with Crippen LogP contribution in [0.2, 0.25) is 0 Å². The van der Waals surface area contributed by atoms with Crippen molar-refractivity contribution >= 4 is 12.3 Å². The largest absolute Gasteiger partial charge is 0.460 e. The van der Waals surface area contributed by atoms with Crippen LogP contribution in [0, 0.1) is 0 Å². The van der Waals surface area contributed by atoms with Crippen LogP contribution in [-0.4, -0.2) is 44.3 Å². The Labute approximate surface area is 96.1 Å². The molecular weight excluding hydrogens is 212 g/mol. The highest BCUT2D eigenvalue weighted by molar-refractivity contribution is 5.69. The Morgan fingerprint density at radius 1 is 1.12 bits per heavy atom. The first kappa shape index (κ1) is 15.1. The second-order valence-corrected chi connectivity index (χ2v) is 4.19. The van der Waals surface area contributed by atoms with E-state index in [2.05, 4.69) is 0 Å². The van der Waals surface area contributed by atoms with Gasteiger partial charge in [0.1, 0.15) is 18.5 Å². The molecular formula is C11H20O5. The van der Waals surface area contributed by atoms with Crippen molar-refractivity contribution in [2.24, 2.45) is 0 Å². The molecule has 5 heteroatoms. The van der Waals surface area contributed by atoms with E-state index in [0.717, 1.165) is 0 Å². The van der Waals surface area contributed by atoms with Crippen molar-refractivity contribution in [1.29, 1.82) is 0 Å². The van der Waals surface area contributed by atoms with Crippen molar-refractivity contribution < 1.29 is 23.8 Å². The Bertz CT molecular complexity index is 207. The Kier molecular flexibility index (Phi) is 7.76. The van der Waals surface area contributed by atoms with E-state index in [1.165, 1.54) is 0 Å². The molecule has 94 valence electrons. The molecule has 0 heterocycles. The first-order valence-corrected chi connectivity index (χ1v) is 5.26. The summed E-state index contributed by atoms with van der Waals surface area (Å²) in [5, 5.41) is 0. The SMILES string of the molecule is CC(C)(C)OC(=O)CCOCCOCC=O. The minimum atomic E-state index is -0.454. The average Bonchev–Trinajstić information content (AvgIpc) is 2.13. The van der Waals surface area contributed by atoms with Crippen LogP contribution in [0.4, 0.5) is 0 Å². The van der Waals surface area contributed by atoms with Gasteiger partial charge in [-0.2, -0.15) is 0 Å². The van der Waals surface area contributed by atoms with Crippen molar-refractivity contribution in [1.82, 2.24) is 0 Å². The second kappa shape index (κ2) is 8.24. The van der Waals surface area contributed by atoms with Gasteiger partial charge in [-0.05, 0) is 20.8 Å². The molecule has 0 bridgehead atoms. The monoisotopic (exact) mass is 232 g/mol. The molecule has 0 aromatic heterocycles. The van der Waals surface area contributed by atoms with Crippen molar-refractivity contribution in [2.75, 3.05) is 26.4 Å². The Morgan fingerprint density at radius 3 is 2.31 bits per heavy atom. The molecule has 0 atom stereocenters. The summed E-state index contributed by atoms with van der Waals surface area (Å²) >= 11 is 0. The van der Waals surface area contributed by atoms with E-state index in [1.54, 1.807) is 0 Å². The van der Waals surface area contributed by atoms with Gasteiger partial charge in [0, 0.05) is 0 Å². The molecule has 0 aromatic carbocycles. The number of hydrogen-bond donors (Lipinski definition) is 0. The van der Waals surface area contributed by atoms with E-state index < -0.39 is 5.60 Å². The number of rotatable bonds is 8. The van der Waals surface area contributed by atoms with Crippen LogP contribution in [0.5, 0.6) is 0 Å². The normalized spacial score (nSPS) is 11.2. The third kappa shape index (κ3) is 11.1. The number of esters is 1. The summed E-state index contributed by atoms with van der Waals surface area (Å²) < 4.78 is 15.1. The molecule has 5 nitrogen and oxygen atoms in total. The maximum Gasteiger partial charge on any atom is 0.308 e. The minimum absolute atomic E-state index is 0.0788. The first-order chi connectivity index (χ1) is 7.45. The third-order valence-electron chi connectivity index (χ3n) is 1.43. The Hall–Kier alpha value is -0.940. The zero-order chi connectivity index (χ0) is 12.4. The molecule has 0 radical (unpaired) electrons. The zero-order valence-electron chi connectivity index (χ0n) is 10.2. The number of aldehydes is 1. The molecule has 16 heavy (non-hydrogen) atoms. The van der Waals surface area contributed by atoms with Crippen molar-refractivity contribution in [2.45, 2.75) is 32.8 Å². The molecule has 0 N–H and O–H groups in total. The van der Waals surface area contributed by atoms with Crippen molar-refractivity contribution in [3.05, 3.63) is 0 Å². The number of ether oxygens (including phenoxy) is 3. The topological polar surface area (TPSA) is 61.8 Å². The molecule has 0 spiro atoms. The van der Waals surface area contributed by atoms with Gasteiger partial charge in [-0.3, -0.25) is 4.79 Å². The average molecular weight is 232 g/mol. The lowest BCUT2D eigenvalue weighted by atomic mass is 10.2. The van der Waals surface area contributed by atoms with Gasteiger partial charge < -0.3 is 19.0 Å². The first-order valence-electron chi connectivity index (χ1n) is 5.26. The Balaban J connectivity index is 3.31. The highest BCUT2D eigenvalue weighted by atomic mass is 16.6. The van der Waals surface area contributed by atoms with Gasteiger partial charge in [-0.25, -0.2) is 0 Å². The molecule has 0 fully saturated rings. The second-order valence-electron chi connectivity index (χ2n) is 4.19. The maximum atomic E-state index is 11.2. The highest BCUT2D eigenvalue weighted by Gasteiger charge is 2.15. The van der Waals surface area contributed by atoms with E-state index in [4.69, 9.17) is 14.2 Å². The van der Waals surface area contributed by atoms with Crippen LogP contribution in [0.15, 0.2) is 0 Å². The van der Waals surface area contributed by atoms with Gasteiger partial charge in [0.2, 0.25) is 0 Å². The number of hydrogen-bond acceptors (Lipinski definition) is 5. The molecule has 0 amide bonds. The van der Waals surface area contributed by atoms with Crippen LogP contribution in [0.25, 0.3) is 0 Å². The van der Waals surface area contributed by atoms with E-state index in [9.17, 15) is 9.59 Å². The van der Waals surface area contributed by atoms with E-state index in [0.29, 0.717) is 26.1 Å². The summed E-state index contributed by atoms with van der Waals surface area (Å²) in [4.78, 5) is 21.1. The summed E-state index contributed by atoms with van der Waals surface area (Å²) in [7, 11) is 0. The molecule has 0 aliphatic heterocycles. The van der Waals surface area contributed by atoms with Crippen LogP contribution in [0.1, 0.15) is 27.2 Å². The lowest BCUT2D eigenvalue weighted by Gasteiger charge is -2.19. The Morgan fingerprint density at radius 2 is 1.75 bits per heavy atom. The van der Waals surface area contributed by atoms with Gasteiger partial charge in [0.15, 0.2) is 0 Å². The maximum absolute atomic E-state index is 11.2. The van der Waals surface area contributed by atoms with Gasteiger partial charge >= 0.3 is 5.97 Å². The van der Waals surface area contributed by atoms with Crippen molar-refractivity contribution in [3.63, 3.8) is 0 Å². The smallest absolute Gasteiger partial charge is 0.308 e. The van der Waals surface area contributed by atoms with Crippen LogP contribution < -0.4 is 0 Å². The van der Waals surface area contributed by atoms with Gasteiger partial charge in [0.25, 0.3) is 0 Å². The third-order valence-corrected chi connectivity index (χ3v) is 1.43. The lowest BCUT2D eigenvalue weighted by Crippen LogP contribution is -2.24. The van der Waals surface area contributed by atoms with E-state index in [-0.39, 0.29) is 19.0 Å². The molecule has 0 rings (SSSR count). The molecule has 0 aliphatic carbocycles. The van der Waals surface area contributed by atoms with E-state index in [1.807, 2.05) is 20.8 Å². The summed E-state index contributed by atoms with van der Waals surface area (Å²) in [6.07, 6.45) is 0.908. The molecule has 0 saturated heterocycles. The van der Waals surface area contributed by atoms with Gasteiger partial charge in [-0.15, -0.1) is 0 Å². The summed E-state index contributed by atoms with van der Waals surface area (Å²) in [5.74, 6) is -0.277. The molecule has 0 aliphatic rings. The molecule has 0 unspecified atom stereocenters. The highest BCUT2D eigenvalue weighted by Crippen LogP contribution is 2.07. The summed E-state index contributed by atoms with van der Waals surface area (Å²) in [6, 6.07) is 0. The van der Waals surface area contributed by atoms with Gasteiger partial charge in [0.05, 0.1) is 26.2 Å². The van der Waals surface area contributed by atoms with Gasteiger partial charge in [-0.1, -0.05) is 0 Å². The predicted octanol–water partition coefficient (Wildman–Crippen LogP) is 0.950. The summed E-state index contributed by atoms with van der Waals surface area (Å²) in [5.41, 5.74) is -0.454. The number of carbonyl (C=O) groups is 2.